The average Bonchev–Trinajstić information content (AvgIpc) is 2.88. The summed E-state index contributed by atoms with van der Waals surface area (Å²) in [7, 11) is 0. The lowest BCUT2D eigenvalue weighted by Gasteiger charge is -2.27. The number of hydrogen-bond acceptors (Lipinski definition) is 2. The van der Waals surface area contributed by atoms with E-state index < -0.39 is 0 Å². The summed E-state index contributed by atoms with van der Waals surface area (Å²) >= 11 is 0. The van der Waals surface area contributed by atoms with Gasteiger partial charge in [0.25, 0.3) is 0 Å². The van der Waals surface area contributed by atoms with Crippen LogP contribution in [0.5, 0.6) is 0 Å². The minimum Gasteiger partial charge on any atom is -0.348 e. The van der Waals surface area contributed by atoms with Crippen molar-refractivity contribution < 1.29 is 4.79 Å². The number of rotatable bonds is 5. The molecule has 0 aliphatic heterocycles. The molecule has 0 unspecified atom stereocenters. The second kappa shape index (κ2) is 4.97. The molecule has 0 saturated heterocycles. The van der Waals surface area contributed by atoms with Crippen molar-refractivity contribution in [3.8, 4) is 0 Å². The van der Waals surface area contributed by atoms with Crippen molar-refractivity contribution in [3.63, 3.8) is 0 Å². The van der Waals surface area contributed by atoms with Gasteiger partial charge in [0.05, 0.1) is 0 Å². The summed E-state index contributed by atoms with van der Waals surface area (Å²) in [6.45, 7) is 2.46. The molecule has 16 heavy (non-hydrogen) atoms. The summed E-state index contributed by atoms with van der Waals surface area (Å²) in [5.41, 5.74) is 2.60. The average molecular weight is 215 g/mol. The van der Waals surface area contributed by atoms with Gasteiger partial charge in [-0.2, -0.15) is 0 Å². The standard InChI is InChI=1S/C14H17NO/c1-12(16)10-11-15(13-6-2-3-7-13)14-8-4-5-9-14/h2-6,8H,7,9-11H2,1H3. The molecule has 0 N–H and O–H groups in total. The van der Waals surface area contributed by atoms with Gasteiger partial charge in [0.2, 0.25) is 0 Å². The third-order valence-electron chi connectivity index (χ3n) is 2.88. The summed E-state index contributed by atoms with van der Waals surface area (Å²) in [6, 6.07) is 0. The molecule has 0 heterocycles. The van der Waals surface area contributed by atoms with Crippen molar-refractivity contribution in [2.75, 3.05) is 6.54 Å². The Morgan fingerprint density at radius 2 is 1.75 bits per heavy atom. The van der Waals surface area contributed by atoms with Crippen LogP contribution in [0.1, 0.15) is 26.2 Å². The predicted octanol–water partition coefficient (Wildman–Crippen LogP) is 2.96. The topological polar surface area (TPSA) is 20.3 Å². The summed E-state index contributed by atoms with van der Waals surface area (Å²) in [5.74, 6) is 0.253. The Hall–Kier alpha value is -1.57. The van der Waals surface area contributed by atoms with Crippen molar-refractivity contribution >= 4 is 5.78 Å². The quantitative estimate of drug-likeness (QED) is 0.702. The fourth-order valence-electron chi connectivity index (χ4n) is 2.01. The number of ketones is 1. The Morgan fingerprint density at radius 1 is 1.19 bits per heavy atom. The van der Waals surface area contributed by atoms with Gasteiger partial charge in [-0.25, -0.2) is 0 Å². The molecule has 0 fully saturated rings. The first-order valence-electron chi connectivity index (χ1n) is 5.76. The van der Waals surface area contributed by atoms with Crippen LogP contribution >= 0.6 is 0 Å². The van der Waals surface area contributed by atoms with E-state index in [1.807, 2.05) is 0 Å². The molecule has 2 aliphatic carbocycles. The third-order valence-corrected chi connectivity index (χ3v) is 2.88. The number of carbonyl (C=O) groups is 1. The van der Waals surface area contributed by atoms with Crippen LogP contribution in [0.25, 0.3) is 0 Å². The first-order valence-corrected chi connectivity index (χ1v) is 5.76. The van der Waals surface area contributed by atoms with Crippen molar-refractivity contribution in [2.24, 2.45) is 0 Å². The molecule has 84 valence electrons. The molecule has 2 aliphatic rings. The van der Waals surface area contributed by atoms with E-state index in [0.29, 0.717) is 6.42 Å². The molecule has 0 aromatic carbocycles. The van der Waals surface area contributed by atoms with Crippen LogP contribution in [0.15, 0.2) is 47.9 Å². The zero-order valence-corrected chi connectivity index (χ0v) is 9.65. The maximum Gasteiger partial charge on any atom is 0.131 e. The van der Waals surface area contributed by atoms with Gasteiger partial charge in [-0.3, -0.25) is 4.79 Å². The van der Waals surface area contributed by atoms with Gasteiger partial charge in [-0.1, -0.05) is 24.3 Å². The second-order valence-corrected chi connectivity index (χ2v) is 4.18. The molecule has 0 amide bonds. The Balaban J connectivity index is 2.04. The number of allylic oxidation sites excluding steroid dienone is 6. The number of Topliss-reactive ketones (excluding diaryl/α,β-unsaturated/α-hetero) is 1. The lowest BCUT2D eigenvalue weighted by atomic mass is 10.2. The first-order chi connectivity index (χ1) is 7.77. The zero-order valence-electron chi connectivity index (χ0n) is 9.65. The largest absolute Gasteiger partial charge is 0.348 e. The number of nitrogens with zero attached hydrogens (tertiary/aromatic N) is 1. The van der Waals surface area contributed by atoms with Crippen molar-refractivity contribution in [1.82, 2.24) is 4.90 Å². The van der Waals surface area contributed by atoms with Crippen molar-refractivity contribution in [3.05, 3.63) is 47.9 Å². The van der Waals surface area contributed by atoms with E-state index in [0.717, 1.165) is 19.4 Å². The maximum absolute atomic E-state index is 11.1. The highest BCUT2D eigenvalue weighted by Crippen LogP contribution is 2.25. The molecular formula is C14H17NO. The zero-order chi connectivity index (χ0) is 11.4. The van der Waals surface area contributed by atoms with Crippen LogP contribution in [-0.4, -0.2) is 17.2 Å². The van der Waals surface area contributed by atoms with Gasteiger partial charge >= 0.3 is 0 Å². The molecule has 2 nitrogen and oxygen atoms in total. The van der Waals surface area contributed by atoms with Crippen LogP contribution in [0.3, 0.4) is 0 Å². The minimum absolute atomic E-state index is 0.253. The number of hydrogen-bond donors (Lipinski definition) is 0. The lowest BCUT2D eigenvalue weighted by molar-refractivity contribution is -0.117. The molecule has 2 rings (SSSR count). The van der Waals surface area contributed by atoms with Crippen molar-refractivity contribution in [1.29, 1.82) is 0 Å². The molecular weight excluding hydrogens is 198 g/mol. The molecule has 0 saturated carbocycles. The smallest absolute Gasteiger partial charge is 0.131 e. The summed E-state index contributed by atoms with van der Waals surface area (Å²) in [5, 5.41) is 0. The van der Waals surface area contributed by atoms with Gasteiger partial charge in [-0.05, 0) is 19.1 Å². The SMILES string of the molecule is CC(=O)CCN(C1=CC=CC1)C1=CC=CC1. The highest BCUT2D eigenvalue weighted by atomic mass is 16.1. The fourth-order valence-corrected chi connectivity index (χ4v) is 2.01. The molecule has 0 spiro atoms. The van der Waals surface area contributed by atoms with Gasteiger partial charge in [0.1, 0.15) is 5.78 Å². The normalized spacial score (nSPS) is 17.6. The van der Waals surface area contributed by atoms with Crippen molar-refractivity contribution in [2.45, 2.75) is 26.2 Å². The van der Waals surface area contributed by atoms with E-state index in [1.54, 1.807) is 6.92 Å². The van der Waals surface area contributed by atoms with Crippen LogP contribution in [0.4, 0.5) is 0 Å². The van der Waals surface area contributed by atoms with Gasteiger partial charge in [0.15, 0.2) is 0 Å². The van der Waals surface area contributed by atoms with Gasteiger partial charge in [-0.15, -0.1) is 0 Å². The van der Waals surface area contributed by atoms with Crippen LogP contribution in [-0.2, 0) is 4.79 Å². The molecule has 0 radical (unpaired) electrons. The van der Waals surface area contributed by atoms with Gasteiger partial charge in [0, 0.05) is 37.2 Å². The monoisotopic (exact) mass is 215 g/mol. The highest BCUT2D eigenvalue weighted by Gasteiger charge is 2.16. The first kappa shape index (κ1) is 10.9. The van der Waals surface area contributed by atoms with E-state index in [2.05, 4.69) is 41.4 Å². The lowest BCUT2D eigenvalue weighted by Crippen LogP contribution is -2.23. The number of carbonyl (C=O) groups excluding carboxylic acids is 1. The Labute approximate surface area is 96.6 Å². The molecule has 0 bridgehead atoms. The fraction of sp³-hybridized carbons (Fsp3) is 0.357. The maximum atomic E-state index is 11.1. The van der Waals surface area contributed by atoms with Gasteiger partial charge < -0.3 is 4.90 Å². The third kappa shape index (κ3) is 2.51. The molecule has 0 atom stereocenters. The Bertz CT molecular complexity index is 369. The molecule has 2 heteroatoms. The predicted molar refractivity (Wildman–Crippen MR) is 65.7 cm³/mol. The minimum atomic E-state index is 0.253. The highest BCUT2D eigenvalue weighted by molar-refractivity contribution is 5.75. The van der Waals surface area contributed by atoms with Crippen LogP contribution < -0.4 is 0 Å². The molecule has 0 aromatic rings. The van der Waals surface area contributed by atoms with E-state index >= 15 is 0 Å². The summed E-state index contributed by atoms with van der Waals surface area (Å²) in [6.07, 6.45) is 15.3. The summed E-state index contributed by atoms with van der Waals surface area (Å²) in [4.78, 5) is 13.4. The molecule has 0 aromatic heterocycles. The van der Waals surface area contributed by atoms with Crippen LogP contribution in [0, 0.1) is 0 Å². The Kier molecular flexibility index (Phi) is 3.40. The second-order valence-electron chi connectivity index (χ2n) is 4.18. The van der Waals surface area contributed by atoms with E-state index in [4.69, 9.17) is 0 Å². The van der Waals surface area contributed by atoms with Crippen LogP contribution in [0.2, 0.25) is 0 Å². The van der Waals surface area contributed by atoms with E-state index in [9.17, 15) is 4.79 Å². The summed E-state index contributed by atoms with van der Waals surface area (Å²) < 4.78 is 0. The van der Waals surface area contributed by atoms with E-state index in [-0.39, 0.29) is 5.78 Å². The Morgan fingerprint density at radius 3 is 2.12 bits per heavy atom. The van der Waals surface area contributed by atoms with E-state index in [1.165, 1.54) is 11.4 Å².